The third kappa shape index (κ3) is 2.90. The first kappa shape index (κ1) is 14.7. The van der Waals surface area contributed by atoms with Crippen molar-refractivity contribution in [3.8, 4) is 0 Å². The third-order valence-corrected chi connectivity index (χ3v) is 3.93. The van der Waals surface area contributed by atoms with Gasteiger partial charge in [-0.2, -0.15) is 0 Å². The van der Waals surface area contributed by atoms with Crippen LogP contribution in [0, 0.1) is 17.0 Å². The summed E-state index contributed by atoms with van der Waals surface area (Å²) in [6.45, 7) is 0.236. The smallest absolute Gasteiger partial charge is 0.335 e. The van der Waals surface area contributed by atoms with Crippen LogP contribution in [0.5, 0.6) is 0 Å². The molecule has 4 nitrogen and oxygen atoms in total. The number of carboxylic acids is 1. The van der Waals surface area contributed by atoms with Crippen molar-refractivity contribution in [3.05, 3.63) is 29.3 Å². The Bertz CT molecular complexity index is 490. The lowest BCUT2D eigenvalue weighted by Gasteiger charge is -2.27. The summed E-state index contributed by atoms with van der Waals surface area (Å²) in [7, 11) is 0. The Hall–Kier alpha value is -1.69. The number of rotatable bonds is 5. The van der Waals surface area contributed by atoms with Crippen LogP contribution in [0.25, 0.3) is 0 Å². The van der Waals surface area contributed by atoms with Crippen molar-refractivity contribution in [2.75, 3.05) is 18.5 Å². The maximum Gasteiger partial charge on any atom is 0.335 e. The zero-order valence-corrected chi connectivity index (χ0v) is 11.0. The van der Waals surface area contributed by atoms with Gasteiger partial charge < -0.3 is 15.5 Å². The monoisotopic (exact) mass is 285 g/mol. The fourth-order valence-electron chi connectivity index (χ4n) is 2.66. The van der Waals surface area contributed by atoms with E-state index in [-0.39, 0.29) is 24.3 Å². The molecule has 0 aliphatic heterocycles. The van der Waals surface area contributed by atoms with E-state index >= 15 is 0 Å². The molecular weight excluding hydrogens is 268 g/mol. The SMILES string of the molecule is O=C(O)c1cc(F)c(NCC2(CO)CCCC2)c(F)c1. The van der Waals surface area contributed by atoms with Gasteiger partial charge in [-0.3, -0.25) is 0 Å². The van der Waals surface area contributed by atoms with E-state index in [1.165, 1.54) is 0 Å². The van der Waals surface area contributed by atoms with Gasteiger partial charge in [0.2, 0.25) is 0 Å². The molecule has 0 unspecified atom stereocenters. The first-order valence-corrected chi connectivity index (χ1v) is 6.54. The molecule has 0 bridgehead atoms. The highest BCUT2D eigenvalue weighted by Crippen LogP contribution is 2.38. The lowest BCUT2D eigenvalue weighted by atomic mass is 9.87. The number of nitrogens with one attached hydrogen (secondary N) is 1. The van der Waals surface area contributed by atoms with Crippen LogP contribution in [0.4, 0.5) is 14.5 Å². The molecule has 20 heavy (non-hydrogen) atoms. The van der Waals surface area contributed by atoms with Gasteiger partial charge >= 0.3 is 5.97 Å². The number of aliphatic hydroxyl groups is 1. The fraction of sp³-hybridized carbons (Fsp3) is 0.500. The standard InChI is InChI=1S/C14H17F2NO3/c15-10-5-9(13(19)20)6-11(16)12(10)17-7-14(8-18)3-1-2-4-14/h5-6,17-18H,1-4,7-8H2,(H,19,20). The van der Waals surface area contributed by atoms with Gasteiger partial charge in [0.05, 0.1) is 12.2 Å². The quantitative estimate of drug-likeness (QED) is 0.778. The van der Waals surface area contributed by atoms with Crippen LogP contribution >= 0.6 is 0 Å². The lowest BCUT2D eigenvalue weighted by molar-refractivity contribution is 0.0696. The summed E-state index contributed by atoms with van der Waals surface area (Å²) in [6.07, 6.45) is 3.61. The largest absolute Gasteiger partial charge is 0.478 e. The van der Waals surface area contributed by atoms with E-state index in [9.17, 15) is 18.7 Å². The molecular formula is C14H17F2NO3. The molecule has 2 rings (SSSR count). The topological polar surface area (TPSA) is 69.6 Å². The molecule has 1 saturated carbocycles. The van der Waals surface area contributed by atoms with Crippen molar-refractivity contribution in [3.63, 3.8) is 0 Å². The van der Waals surface area contributed by atoms with Gasteiger partial charge in [-0.25, -0.2) is 13.6 Å². The first-order chi connectivity index (χ1) is 9.47. The average Bonchev–Trinajstić information content (AvgIpc) is 2.87. The number of anilines is 1. The summed E-state index contributed by atoms with van der Waals surface area (Å²) in [6, 6.07) is 1.57. The highest BCUT2D eigenvalue weighted by molar-refractivity contribution is 5.88. The van der Waals surface area contributed by atoms with Crippen molar-refractivity contribution in [1.29, 1.82) is 0 Å². The Balaban J connectivity index is 2.15. The van der Waals surface area contributed by atoms with E-state index in [4.69, 9.17) is 5.11 Å². The summed E-state index contributed by atoms with van der Waals surface area (Å²) in [5.74, 6) is -3.25. The molecule has 0 saturated heterocycles. The zero-order valence-electron chi connectivity index (χ0n) is 11.0. The molecule has 1 aliphatic rings. The second-order valence-corrected chi connectivity index (χ2v) is 5.34. The minimum atomic E-state index is -1.38. The molecule has 1 aromatic carbocycles. The number of hydrogen-bond donors (Lipinski definition) is 3. The van der Waals surface area contributed by atoms with Crippen molar-refractivity contribution in [2.24, 2.45) is 5.41 Å². The number of benzene rings is 1. The Labute approximate surface area is 115 Å². The Morgan fingerprint density at radius 3 is 2.25 bits per heavy atom. The van der Waals surface area contributed by atoms with E-state index in [1.54, 1.807) is 0 Å². The second-order valence-electron chi connectivity index (χ2n) is 5.34. The van der Waals surface area contributed by atoms with Crippen molar-refractivity contribution < 1.29 is 23.8 Å². The predicted octanol–water partition coefficient (Wildman–Crippen LogP) is 2.63. The van der Waals surface area contributed by atoms with Crippen molar-refractivity contribution >= 4 is 11.7 Å². The lowest BCUT2D eigenvalue weighted by Crippen LogP contribution is -2.31. The van der Waals surface area contributed by atoms with Gasteiger partial charge in [-0.05, 0) is 25.0 Å². The van der Waals surface area contributed by atoms with Gasteiger partial charge in [-0.15, -0.1) is 0 Å². The van der Waals surface area contributed by atoms with Crippen molar-refractivity contribution in [1.82, 2.24) is 0 Å². The summed E-state index contributed by atoms with van der Waals surface area (Å²) in [5.41, 5.74) is -1.11. The van der Waals surface area contributed by atoms with E-state index < -0.39 is 23.2 Å². The normalized spacial score (nSPS) is 17.1. The molecule has 0 aromatic heterocycles. The number of hydrogen-bond acceptors (Lipinski definition) is 3. The highest BCUT2D eigenvalue weighted by Gasteiger charge is 2.33. The number of carbonyl (C=O) groups is 1. The van der Waals surface area contributed by atoms with E-state index in [0.717, 1.165) is 37.8 Å². The summed E-state index contributed by atoms with van der Waals surface area (Å²) in [5, 5.41) is 20.8. The number of halogens is 2. The first-order valence-electron chi connectivity index (χ1n) is 6.54. The summed E-state index contributed by atoms with van der Waals surface area (Å²) < 4.78 is 27.5. The maximum absolute atomic E-state index is 13.7. The molecule has 0 radical (unpaired) electrons. The molecule has 0 amide bonds. The third-order valence-electron chi connectivity index (χ3n) is 3.93. The number of aliphatic hydroxyl groups excluding tert-OH is 1. The molecule has 1 fully saturated rings. The van der Waals surface area contributed by atoms with Crippen LogP contribution in [0.2, 0.25) is 0 Å². The maximum atomic E-state index is 13.7. The molecule has 1 aliphatic carbocycles. The molecule has 6 heteroatoms. The summed E-state index contributed by atoms with van der Waals surface area (Å²) >= 11 is 0. The molecule has 110 valence electrons. The summed E-state index contributed by atoms with van der Waals surface area (Å²) in [4.78, 5) is 10.7. The van der Waals surface area contributed by atoms with Gasteiger partial charge in [0.25, 0.3) is 0 Å². The van der Waals surface area contributed by atoms with E-state index in [1.807, 2.05) is 0 Å². The molecule has 0 atom stereocenters. The van der Waals surface area contributed by atoms with Crippen LogP contribution in [0.3, 0.4) is 0 Å². The average molecular weight is 285 g/mol. The van der Waals surface area contributed by atoms with E-state index in [2.05, 4.69) is 5.32 Å². The van der Waals surface area contributed by atoms with Gasteiger partial charge in [0, 0.05) is 12.0 Å². The molecule has 0 heterocycles. The molecule has 1 aromatic rings. The van der Waals surface area contributed by atoms with Crippen LogP contribution in [0.1, 0.15) is 36.0 Å². The molecule has 0 spiro atoms. The fourth-order valence-corrected chi connectivity index (χ4v) is 2.66. The van der Waals surface area contributed by atoms with Crippen LogP contribution in [0.15, 0.2) is 12.1 Å². The van der Waals surface area contributed by atoms with Crippen LogP contribution < -0.4 is 5.32 Å². The zero-order chi connectivity index (χ0) is 14.8. The Kier molecular flexibility index (Phi) is 4.23. The second kappa shape index (κ2) is 5.75. The van der Waals surface area contributed by atoms with E-state index in [0.29, 0.717) is 0 Å². The highest BCUT2D eigenvalue weighted by atomic mass is 19.1. The number of aromatic carboxylic acids is 1. The van der Waals surface area contributed by atoms with Crippen LogP contribution in [-0.4, -0.2) is 29.3 Å². The van der Waals surface area contributed by atoms with Crippen LogP contribution in [-0.2, 0) is 0 Å². The van der Waals surface area contributed by atoms with Gasteiger partial charge in [0.1, 0.15) is 17.3 Å². The number of carboxylic acid groups (broad SMARTS) is 1. The van der Waals surface area contributed by atoms with Gasteiger partial charge in [0.15, 0.2) is 0 Å². The Morgan fingerprint density at radius 2 is 1.80 bits per heavy atom. The minimum Gasteiger partial charge on any atom is -0.478 e. The minimum absolute atomic E-state index is 0.0313. The Morgan fingerprint density at radius 1 is 1.25 bits per heavy atom. The predicted molar refractivity (Wildman–Crippen MR) is 69.8 cm³/mol. The van der Waals surface area contributed by atoms with Crippen molar-refractivity contribution in [2.45, 2.75) is 25.7 Å². The van der Waals surface area contributed by atoms with Gasteiger partial charge in [-0.1, -0.05) is 12.8 Å². The molecule has 3 N–H and O–H groups in total.